The summed E-state index contributed by atoms with van der Waals surface area (Å²) in [5.74, 6) is 0.360. The SMILES string of the molecule is COc1ccccc1C(=O)N1[C@@H]2CCCC[C@@H]2C[C@H]1C(=O)Nc1ccc(NC(C)=O)cc1. The first-order valence-electron chi connectivity index (χ1n) is 11.1. The van der Waals surface area contributed by atoms with Gasteiger partial charge in [0.25, 0.3) is 5.91 Å². The number of likely N-dealkylation sites (tertiary alicyclic amines) is 1. The van der Waals surface area contributed by atoms with Crippen LogP contribution in [0.2, 0.25) is 0 Å². The van der Waals surface area contributed by atoms with Crippen molar-refractivity contribution in [3.8, 4) is 5.75 Å². The largest absolute Gasteiger partial charge is 0.496 e. The number of nitrogens with zero attached hydrogens (tertiary/aromatic N) is 1. The molecule has 3 amide bonds. The van der Waals surface area contributed by atoms with E-state index >= 15 is 0 Å². The molecule has 32 heavy (non-hydrogen) atoms. The first-order chi connectivity index (χ1) is 15.5. The van der Waals surface area contributed by atoms with E-state index in [0.717, 1.165) is 25.7 Å². The fourth-order valence-electron chi connectivity index (χ4n) is 5.01. The zero-order valence-corrected chi connectivity index (χ0v) is 18.5. The maximum absolute atomic E-state index is 13.6. The maximum Gasteiger partial charge on any atom is 0.258 e. The Hall–Kier alpha value is -3.35. The molecular formula is C25H29N3O4. The first-order valence-corrected chi connectivity index (χ1v) is 11.1. The Labute approximate surface area is 188 Å². The number of nitrogens with one attached hydrogen (secondary N) is 2. The number of anilines is 2. The van der Waals surface area contributed by atoms with Crippen LogP contribution in [-0.4, -0.2) is 41.8 Å². The van der Waals surface area contributed by atoms with Crippen LogP contribution >= 0.6 is 0 Å². The zero-order valence-electron chi connectivity index (χ0n) is 18.5. The van der Waals surface area contributed by atoms with Gasteiger partial charge in [-0.1, -0.05) is 25.0 Å². The van der Waals surface area contributed by atoms with Crippen molar-refractivity contribution < 1.29 is 19.1 Å². The number of fused-ring (bicyclic) bond motifs is 1. The standard InChI is InChI=1S/C25H29N3O4/c1-16(29)26-18-11-13-19(14-12-18)27-24(30)22-15-17-7-3-5-9-21(17)28(22)25(31)20-8-4-6-10-23(20)32-2/h4,6,8,10-14,17,21-22H,3,5,7,9,15H2,1-2H3,(H,26,29)(H,27,30)/t17-,21-,22+/m1/s1. The Kier molecular flexibility index (Phi) is 6.44. The second-order valence-electron chi connectivity index (χ2n) is 8.52. The van der Waals surface area contributed by atoms with Gasteiger partial charge >= 0.3 is 0 Å². The highest BCUT2D eigenvalue weighted by Gasteiger charge is 2.47. The molecule has 0 aromatic heterocycles. The van der Waals surface area contributed by atoms with E-state index in [1.165, 1.54) is 6.92 Å². The van der Waals surface area contributed by atoms with Crippen molar-refractivity contribution >= 4 is 29.1 Å². The Balaban J connectivity index is 1.57. The molecule has 2 N–H and O–H groups in total. The van der Waals surface area contributed by atoms with Crippen LogP contribution in [0.1, 0.15) is 49.4 Å². The summed E-state index contributed by atoms with van der Waals surface area (Å²) in [5.41, 5.74) is 1.78. The molecule has 2 aromatic carbocycles. The topological polar surface area (TPSA) is 87.7 Å². The zero-order chi connectivity index (χ0) is 22.7. The molecule has 0 unspecified atom stereocenters. The molecule has 1 saturated carbocycles. The third-order valence-corrected chi connectivity index (χ3v) is 6.44. The molecule has 3 atom stereocenters. The van der Waals surface area contributed by atoms with E-state index in [2.05, 4.69) is 10.6 Å². The summed E-state index contributed by atoms with van der Waals surface area (Å²) >= 11 is 0. The normalized spacial score (nSPS) is 22.1. The van der Waals surface area contributed by atoms with Gasteiger partial charge in [-0.05, 0) is 61.6 Å². The van der Waals surface area contributed by atoms with Crippen LogP contribution in [0.25, 0.3) is 0 Å². The molecule has 0 radical (unpaired) electrons. The summed E-state index contributed by atoms with van der Waals surface area (Å²) in [6, 6.07) is 13.7. The predicted molar refractivity (Wildman–Crippen MR) is 123 cm³/mol. The summed E-state index contributed by atoms with van der Waals surface area (Å²) in [5, 5.41) is 5.67. The van der Waals surface area contributed by atoms with E-state index in [-0.39, 0.29) is 23.8 Å². The van der Waals surface area contributed by atoms with Gasteiger partial charge < -0.3 is 20.3 Å². The first kappa shape index (κ1) is 21.9. The van der Waals surface area contributed by atoms with Gasteiger partial charge in [0.2, 0.25) is 11.8 Å². The summed E-state index contributed by atoms with van der Waals surface area (Å²) in [6.07, 6.45) is 4.82. The lowest BCUT2D eigenvalue weighted by atomic mass is 9.84. The number of hydrogen-bond donors (Lipinski definition) is 2. The highest BCUT2D eigenvalue weighted by Crippen LogP contribution is 2.41. The molecule has 168 valence electrons. The van der Waals surface area contributed by atoms with Gasteiger partial charge in [0.1, 0.15) is 11.8 Å². The van der Waals surface area contributed by atoms with Crippen LogP contribution in [0, 0.1) is 5.92 Å². The Morgan fingerprint density at radius 1 is 0.938 bits per heavy atom. The van der Waals surface area contributed by atoms with Crippen LogP contribution in [0.15, 0.2) is 48.5 Å². The van der Waals surface area contributed by atoms with E-state index in [4.69, 9.17) is 4.74 Å². The molecule has 0 spiro atoms. The number of hydrogen-bond acceptors (Lipinski definition) is 4. The highest BCUT2D eigenvalue weighted by molar-refractivity contribution is 6.03. The third-order valence-electron chi connectivity index (χ3n) is 6.44. The fourth-order valence-corrected chi connectivity index (χ4v) is 5.01. The molecule has 1 aliphatic carbocycles. The predicted octanol–water partition coefficient (Wildman–Crippen LogP) is 4.07. The number of amides is 3. The van der Waals surface area contributed by atoms with Crippen LogP contribution in [-0.2, 0) is 9.59 Å². The van der Waals surface area contributed by atoms with Crippen molar-refractivity contribution in [2.75, 3.05) is 17.7 Å². The Bertz CT molecular complexity index is 1000. The number of benzene rings is 2. The second kappa shape index (κ2) is 9.42. The average molecular weight is 436 g/mol. The van der Waals surface area contributed by atoms with Crippen molar-refractivity contribution in [2.24, 2.45) is 5.92 Å². The van der Waals surface area contributed by atoms with Crippen LogP contribution in [0.4, 0.5) is 11.4 Å². The van der Waals surface area contributed by atoms with E-state index in [0.29, 0.717) is 35.0 Å². The van der Waals surface area contributed by atoms with Crippen molar-refractivity contribution in [3.63, 3.8) is 0 Å². The van der Waals surface area contributed by atoms with E-state index in [9.17, 15) is 14.4 Å². The van der Waals surface area contributed by atoms with Crippen LogP contribution in [0.3, 0.4) is 0 Å². The molecule has 2 aliphatic rings. The van der Waals surface area contributed by atoms with Crippen molar-refractivity contribution in [2.45, 2.75) is 51.1 Å². The van der Waals surface area contributed by atoms with Crippen molar-refractivity contribution in [3.05, 3.63) is 54.1 Å². The van der Waals surface area contributed by atoms with Crippen molar-refractivity contribution in [1.29, 1.82) is 0 Å². The molecule has 1 saturated heterocycles. The van der Waals surface area contributed by atoms with Gasteiger partial charge in [-0.3, -0.25) is 14.4 Å². The van der Waals surface area contributed by atoms with E-state index < -0.39 is 6.04 Å². The fraction of sp³-hybridized carbons (Fsp3) is 0.400. The highest BCUT2D eigenvalue weighted by atomic mass is 16.5. The molecule has 1 aliphatic heterocycles. The van der Waals surface area contributed by atoms with Crippen LogP contribution < -0.4 is 15.4 Å². The van der Waals surface area contributed by atoms with Gasteiger partial charge in [-0.25, -0.2) is 0 Å². The average Bonchev–Trinajstić information content (AvgIpc) is 3.19. The Morgan fingerprint density at radius 2 is 1.59 bits per heavy atom. The lowest BCUT2D eigenvalue weighted by Gasteiger charge is -2.34. The lowest BCUT2D eigenvalue weighted by molar-refractivity contribution is -0.120. The van der Waals surface area contributed by atoms with Gasteiger partial charge in [-0.15, -0.1) is 0 Å². The quantitative estimate of drug-likeness (QED) is 0.741. The van der Waals surface area contributed by atoms with Gasteiger partial charge in [-0.2, -0.15) is 0 Å². The number of para-hydroxylation sites is 1. The molecule has 4 rings (SSSR count). The van der Waals surface area contributed by atoms with E-state index in [1.54, 1.807) is 48.4 Å². The summed E-state index contributed by atoms with van der Waals surface area (Å²) in [7, 11) is 1.55. The monoisotopic (exact) mass is 435 g/mol. The molecule has 2 aromatic rings. The second-order valence-corrected chi connectivity index (χ2v) is 8.52. The minimum absolute atomic E-state index is 0.0686. The van der Waals surface area contributed by atoms with Crippen molar-refractivity contribution in [1.82, 2.24) is 4.90 Å². The number of ether oxygens (including phenoxy) is 1. The minimum Gasteiger partial charge on any atom is -0.496 e. The van der Waals surface area contributed by atoms with Gasteiger partial charge in [0, 0.05) is 24.3 Å². The molecule has 0 bridgehead atoms. The molecule has 7 heteroatoms. The number of rotatable bonds is 5. The molecule has 1 heterocycles. The summed E-state index contributed by atoms with van der Waals surface area (Å²) < 4.78 is 5.41. The minimum atomic E-state index is -0.532. The number of carbonyl (C=O) groups is 3. The van der Waals surface area contributed by atoms with Gasteiger partial charge in [0.15, 0.2) is 0 Å². The van der Waals surface area contributed by atoms with E-state index in [1.807, 2.05) is 12.1 Å². The summed E-state index contributed by atoms with van der Waals surface area (Å²) in [4.78, 5) is 39.9. The maximum atomic E-state index is 13.6. The van der Waals surface area contributed by atoms with Gasteiger partial charge in [0.05, 0.1) is 12.7 Å². The Morgan fingerprint density at radius 3 is 2.28 bits per heavy atom. The molecule has 7 nitrogen and oxygen atoms in total. The molecule has 2 fully saturated rings. The lowest BCUT2D eigenvalue weighted by Crippen LogP contribution is -2.47. The smallest absolute Gasteiger partial charge is 0.258 e. The van der Waals surface area contributed by atoms with Crippen LogP contribution in [0.5, 0.6) is 5.75 Å². The third kappa shape index (κ3) is 4.47. The summed E-state index contributed by atoms with van der Waals surface area (Å²) in [6.45, 7) is 1.45. The molecular weight excluding hydrogens is 406 g/mol. The number of carbonyl (C=O) groups excluding carboxylic acids is 3. The number of methoxy groups -OCH3 is 1.